The molecule has 0 bridgehead atoms. The summed E-state index contributed by atoms with van der Waals surface area (Å²) < 4.78 is 0. The van der Waals surface area contributed by atoms with Crippen LogP contribution in [0.1, 0.15) is 30.5 Å². The van der Waals surface area contributed by atoms with E-state index in [0.717, 1.165) is 25.7 Å². The number of nitrogens with one attached hydrogen (secondary N) is 1. The first-order valence-electron chi connectivity index (χ1n) is 6.61. The Labute approximate surface area is 108 Å². The van der Waals surface area contributed by atoms with Crippen molar-refractivity contribution in [3.8, 4) is 0 Å². The number of H-pyrrole nitrogens is 1. The number of unbranched alkanes of at least 4 members (excludes halogenated alkanes) is 2. The first kappa shape index (κ1) is 13.2. The van der Waals surface area contributed by atoms with Crippen LogP contribution in [-0.4, -0.2) is 22.2 Å². The molecule has 0 aliphatic heterocycles. The Morgan fingerprint density at radius 2 is 1.89 bits per heavy atom. The molecule has 0 amide bonds. The molecule has 0 unspecified atom stereocenters. The predicted molar refractivity (Wildman–Crippen MR) is 75.6 cm³/mol. The maximum Gasteiger partial charge on any atom is 0.451 e. The molecule has 3 N–H and O–H groups in total. The number of rotatable bonds is 6. The molecule has 18 heavy (non-hydrogen) atoms. The lowest BCUT2D eigenvalue weighted by atomic mass is 9.83. The second-order valence-electron chi connectivity index (χ2n) is 4.85. The number of aromatic nitrogens is 1. The number of aromatic amines is 1. The van der Waals surface area contributed by atoms with Crippen molar-refractivity contribution in [3.63, 3.8) is 0 Å². The minimum atomic E-state index is -1.15. The van der Waals surface area contributed by atoms with Crippen molar-refractivity contribution in [2.75, 3.05) is 0 Å². The van der Waals surface area contributed by atoms with Crippen molar-refractivity contribution in [1.82, 2.24) is 4.98 Å². The van der Waals surface area contributed by atoms with Crippen LogP contribution in [0, 0.1) is 6.92 Å². The molecule has 0 aliphatic rings. The third-order valence-corrected chi connectivity index (χ3v) is 3.42. The van der Waals surface area contributed by atoms with Gasteiger partial charge in [0.05, 0.1) is 0 Å². The molecular formula is C14H20BNO2. The van der Waals surface area contributed by atoms with Crippen molar-refractivity contribution >= 4 is 18.0 Å². The number of benzene rings is 1. The van der Waals surface area contributed by atoms with Crippen LogP contribution in [0.3, 0.4) is 0 Å². The highest BCUT2D eigenvalue weighted by molar-refractivity contribution is 6.40. The minimum absolute atomic E-state index is 0.479. The summed E-state index contributed by atoms with van der Waals surface area (Å²) in [5, 5.41) is 18.9. The van der Waals surface area contributed by atoms with Crippen LogP contribution in [0.15, 0.2) is 24.3 Å². The van der Waals surface area contributed by atoms with Gasteiger partial charge in [0.15, 0.2) is 0 Å². The average Bonchev–Trinajstić information content (AvgIpc) is 2.65. The Kier molecular flexibility index (Phi) is 4.45. The second-order valence-corrected chi connectivity index (χ2v) is 4.85. The highest BCUT2D eigenvalue weighted by Gasteiger charge is 2.08. The molecule has 0 radical (unpaired) electrons. The molecule has 0 spiro atoms. The molecule has 96 valence electrons. The first-order valence-corrected chi connectivity index (χ1v) is 6.61. The van der Waals surface area contributed by atoms with Crippen molar-refractivity contribution in [2.45, 2.75) is 38.9 Å². The van der Waals surface area contributed by atoms with Crippen LogP contribution in [0.25, 0.3) is 10.9 Å². The number of fused-ring (bicyclic) bond motifs is 1. The van der Waals surface area contributed by atoms with E-state index in [1.165, 1.54) is 22.2 Å². The Morgan fingerprint density at radius 3 is 2.67 bits per heavy atom. The fourth-order valence-electron chi connectivity index (χ4n) is 2.46. The number of hydrogen-bond donors (Lipinski definition) is 3. The van der Waals surface area contributed by atoms with Gasteiger partial charge < -0.3 is 15.0 Å². The van der Waals surface area contributed by atoms with Gasteiger partial charge in [0.25, 0.3) is 0 Å². The summed E-state index contributed by atoms with van der Waals surface area (Å²) in [6.45, 7) is 2.12. The summed E-state index contributed by atoms with van der Waals surface area (Å²) in [5.74, 6) is 0. The predicted octanol–water partition coefficient (Wildman–Crippen LogP) is 2.66. The van der Waals surface area contributed by atoms with E-state index in [9.17, 15) is 0 Å². The minimum Gasteiger partial charge on any atom is -0.427 e. The molecular weight excluding hydrogens is 225 g/mol. The van der Waals surface area contributed by atoms with E-state index in [1.807, 2.05) is 6.07 Å². The summed E-state index contributed by atoms with van der Waals surface area (Å²) in [4.78, 5) is 3.41. The van der Waals surface area contributed by atoms with Gasteiger partial charge in [0, 0.05) is 16.6 Å². The Morgan fingerprint density at radius 1 is 1.11 bits per heavy atom. The molecule has 0 aliphatic carbocycles. The lowest BCUT2D eigenvalue weighted by Crippen LogP contribution is -2.09. The number of para-hydroxylation sites is 1. The van der Waals surface area contributed by atoms with Crippen LogP contribution in [-0.2, 0) is 6.42 Å². The van der Waals surface area contributed by atoms with Crippen molar-refractivity contribution in [3.05, 3.63) is 35.5 Å². The van der Waals surface area contributed by atoms with Crippen LogP contribution in [0.4, 0.5) is 0 Å². The summed E-state index contributed by atoms with van der Waals surface area (Å²) in [6, 6.07) is 8.38. The molecule has 0 fully saturated rings. The molecule has 2 rings (SSSR count). The van der Waals surface area contributed by atoms with E-state index >= 15 is 0 Å². The second kappa shape index (κ2) is 6.07. The molecule has 0 saturated heterocycles. The van der Waals surface area contributed by atoms with Crippen molar-refractivity contribution < 1.29 is 10.0 Å². The van der Waals surface area contributed by atoms with E-state index in [1.54, 1.807) is 0 Å². The van der Waals surface area contributed by atoms with Crippen LogP contribution >= 0.6 is 0 Å². The van der Waals surface area contributed by atoms with Gasteiger partial charge in [-0.15, -0.1) is 0 Å². The summed E-state index contributed by atoms with van der Waals surface area (Å²) in [7, 11) is -1.15. The van der Waals surface area contributed by atoms with Gasteiger partial charge in [-0.25, -0.2) is 0 Å². The van der Waals surface area contributed by atoms with Crippen LogP contribution in [0.2, 0.25) is 6.32 Å². The monoisotopic (exact) mass is 245 g/mol. The third kappa shape index (κ3) is 3.15. The lowest BCUT2D eigenvalue weighted by Gasteiger charge is -2.02. The average molecular weight is 245 g/mol. The first-order chi connectivity index (χ1) is 8.68. The highest BCUT2D eigenvalue weighted by Crippen LogP contribution is 2.23. The summed E-state index contributed by atoms with van der Waals surface area (Å²) >= 11 is 0. The van der Waals surface area contributed by atoms with E-state index in [2.05, 4.69) is 30.1 Å². The molecule has 2 aromatic rings. The SMILES string of the molecule is Cc1[nH]c2ccccc2c1CCCCCB(O)O. The fourth-order valence-corrected chi connectivity index (χ4v) is 2.46. The van der Waals surface area contributed by atoms with Gasteiger partial charge in [-0.2, -0.15) is 0 Å². The zero-order valence-electron chi connectivity index (χ0n) is 10.8. The molecule has 4 heteroatoms. The fraction of sp³-hybridized carbons (Fsp3) is 0.429. The third-order valence-electron chi connectivity index (χ3n) is 3.42. The van der Waals surface area contributed by atoms with Gasteiger partial charge in [-0.3, -0.25) is 0 Å². The standard InChI is InChI=1S/C14H20BNO2/c1-11-12(7-3-2-6-10-15(17)18)13-8-4-5-9-14(13)16-11/h4-5,8-9,16-18H,2-3,6-7,10H2,1H3. The van der Waals surface area contributed by atoms with E-state index < -0.39 is 7.12 Å². The molecule has 1 aromatic heterocycles. The molecule has 1 heterocycles. The number of hydrogen-bond acceptors (Lipinski definition) is 2. The van der Waals surface area contributed by atoms with E-state index in [4.69, 9.17) is 10.0 Å². The molecule has 0 saturated carbocycles. The lowest BCUT2D eigenvalue weighted by molar-refractivity contribution is 0.401. The zero-order chi connectivity index (χ0) is 13.0. The van der Waals surface area contributed by atoms with E-state index in [0.29, 0.717) is 6.32 Å². The van der Waals surface area contributed by atoms with Gasteiger partial charge in [-0.05, 0) is 37.7 Å². The van der Waals surface area contributed by atoms with Crippen LogP contribution < -0.4 is 0 Å². The van der Waals surface area contributed by atoms with Gasteiger partial charge >= 0.3 is 7.12 Å². The molecule has 3 nitrogen and oxygen atoms in total. The molecule has 1 aromatic carbocycles. The maximum atomic E-state index is 8.77. The zero-order valence-corrected chi connectivity index (χ0v) is 10.8. The van der Waals surface area contributed by atoms with Crippen LogP contribution in [0.5, 0.6) is 0 Å². The normalized spacial score (nSPS) is 11.1. The maximum absolute atomic E-state index is 8.77. The highest BCUT2D eigenvalue weighted by atomic mass is 16.4. The van der Waals surface area contributed by atoms with Crippen molar-refractivity contribution in [2.24, 2.45) is 0 Å². The Balaban J connectivity index is 1.93. The topological polar surface area (TPSA) is 56.2 Å². The quantitative estimate of drug-likeness (QED) is 0.541. The molecule has 0 atom stereocenters. The smallest absolute Gasteiger partial charge is 0.427 e. The Hall–Kier alpha value is -1.26. The van der Waals surface area contributed by atoms with Gasteiger partial charge in [-0.1, -0.05) is 31.0 Å². The number of aryl methyl sites for hydroxylation is 2. The summed E-state index contributed by atoms with van der Waals surface area (Å²) in [5.41, 5.74) is 3.85. The largest absolute Gasteiger partial charge is 0.451 e. The van der Waals surface area contributed by atoms with Gasteiger partial charge in [0.2, 0.25) is 0 Å². The van der Waals surface area contributed by atoms with Crippen molar-refractivity contribution in [1.29, 1.82) is 0 Å². The van der Waals surface area contributed by atoms with Gasteiger partial charge in [0.1, 0.15) is 0 Å². The van der Waals surface area contributed by atoms with E-state index in [-0.39, 0.29) is 0 Å². The summed E-state index contributed by atoms with van der Waals surface area (Å²) in [6.07, 6.45) is 4.54. The Bertz CT molecular complexity index is 507.